The molecule has 2 rings (SSSR count). The van der Waals surface area contributed by atoms with Crippen LogP contribution < -0.4 is 0 Å². The van der Waals surface area contributed by atoms with Gasteiger partial charge in [-0.15, -0.1) is 0 Å². The number of ether oxygens (including phenoxy) is 1. The normalized spacial score (nSPS) is 19.7. The third-order valence-electron chi connectivity index (χ3n) is 3.71. The molecule has 0 radical (unpaired) electrons. The van der Waals surface area contributed by atoms with E-state index in [4.69, 9.17) is 9.26 Å². The van der Waals surface area contributed by atoms with Gasteiger partial charge in [0.25, 0.3) is 0 Å². The monoisotopic (exact) mass is 269 g/mol. The van der Waals surface area contributed by atoms with Crippen molar-refractivity contribution in [3.05, 3.63) is 11.7 Å². The predicted octanol–water partition coefficient (Wildman–Crippen LogP) is 0.851. The Morgan fingerprint density at radius 2 is 2.21 bits per heavy atom. The zero-order valence-corrected chi connectivity index (χ0v) is 11.7. The van der Waals surface area contributed by atoms with E-state index < -0.39 is 0 Å². The SMILES string of the molecule is COCCc1noc(CN2CCC(C(C)O)CC2)n1. The van der Waals surface area contributed by atoms with Crippen molar-refractivity contribution in [1.82, 2.24) is 15.0 Å². The van der Waals surface area contributed by atoms with Gasteiger partial charge in [0.2, 0.25) is 5.89 Å². The van der Waals surface area contributed by atoms with Gasteiger partial charge < -0.3 is 14.4 Å². The minimum Gasteiger partial charge on any atom is -0.393 e. The van der Waals surface area contributed by atoms with E-state index in [2.05, 4.69) is 15.0 Å². The smallest absolute Gasteiger partial charge is 0.240 e. The molecule has 1 aliphatic rings. The first-order valence-corrected chi connectivity index (χ1v) is 6.90. The number of piperidine rings is 1. The van der Waals surface area contributed by atoms with E-state index in [-0.39, 0.29) is 6.10 Å². The molecule has 1 fully saturated rings. The summed E-state index contributed by atoms with van der Waals surface area (Å²) in [5, 5.41) is 13.5. The van der Waals surface area contributed by atoms with Gasteiger partial charge in [0.1, 0.15) is 0 Å². The van der Waals surface area contributed by atoms with Crippen LogP contribution >= 0.6 is 0 Å². The molecule has 0 amide bonds. The number of hydrogen-bond acceptors (Lipinski definition) is 6. The lowest BCUT2D eigenvalue weighted by atomic mass is 9.92. The maximum Gasteiger partial charge on any atom is 0.240 e. The maximum atomic E-state index is 9.57. The highest BCUT2D eigenvalue weighted by molar-refractivity contribution is 4.87. The third kappa shape index (κ3) is 4.26. The number of nitrogens with zero attached hydrogens (tertiary/aromatic N) is 3. The van der Waals surface area contributed by atoms with Crippen LogP contribution in [0.15, 0.2) is 4.52 Å². The number of hydrogen-bond donors (Lipinski definition) is 1. The van der Waals surface area contributed by atoms with Crippen LogP contribution in [0.1, 0.15) is 31.5 Å². The second-order valence-corrected chi connectivity index (χ2v) is 5.20. The van der Waals surface area contributed by atoms with Crippen LogP contribution in [0, 0.1) is 5.92 Å². The fourth-order valence-electron chi connectivity index (χ4n) is 2.43. The van der Waals surface area contributed by atoms with E-state index in [1.807, 2.05) is 6.92 Å². The van der Waals surface area contributed by atoms with Crippen LogP contribution in [-0.2, 0) is 17.7 Å². The van der Waals surface area contributed by atoms with Crippen LogP contribution in [0.2, 0.25) is 0 Å². The van der Waals surface area contributed by atoms with Crippen LogP contribution in [-0.4, -0.2) is 53.1 Å². The second-order valence-electron chi connectivity index (χ2n) is 5.20. The molecular weight excluding hydrogens is 246 g/mol. The fourth-order valence-corrected chi connectivity index (χ4v) is 2.43. The first kappa shape index (κ1) is 14.4. The predicted molar refractivity (Wildman–Crippen MR) is 69.6 cm³/mol. The molecule has 6 nitrogen and oxygen atoms in total. The minimum absolute atomic E-state index is 0.203. The molecule has 19 heavy (non-hydrogen) atoms. The molecule has 0 aromatic carbocycles. The summed E-state index contributed by atoms with van der Waals surface area (Å²) >= 11 is 0. The quantitative estimate of drug-likeness (QED) is 0.825. The Bertz CT molecular complexity index is 373. The van der Waals surface area contributed by atoms with Crippen molar-refractivity contribution in [2.45, 2.75) is 38.8 Å². The van der Waals surface area contributed by atoms with E-state index in [0.29, 0.717) is 37.2 Å². The molecule has 108 valence electrons. The first-order valence-electron chi connectivity index (χ1n) is 6.90. The summed E-state index contributed by atoms with van der Waals surface area (Å²) < 4.78 is 10.2. The molecule has 1 aromatic heterocycles. The molecule has 1 unspecified atom stereocenters. The van der Waals surface area contributed by atoms with Gasteiger partial charge in [-0.1, -0.05) is 5.16 Å². The molecule has 0 saturated carbocycles. The highest BCUT2D eigenvalue weighted by Crippen LogP contribution is 2.21. The maximum absolute atomic E-state index is 9.57. The number of likely N-dealkylation sites (tertiary alicyclic amines) is 1. The Kier molecular flexibility index (Phi) is 5.30. The van der Waals surface area contributed by atoms with Crippen LogP contribution in [0.3, 0.4) is 0 Å². The number of aliphatic hydroxyl groups is 1. The molecule has 6 heteroatoms. The van der Waals surface area contributed by atoms with Gasteiger partial charge in [-0.25, -0.2) is 0 Å². The van der Waals surface area contributed by atoms with Gasteiger partial charge >= 0.3 is 0 Å². The van der Waals surface area contributed by atoms with Gasteiger partial charge in [0.15, 0.2) is 5.82 Å². The average Bonchev–Trinajstić information content (AvgIpc) is 2.84. The van der Waals surface area contributed by atoms with Gasteiger partial charge in [-0.05, 0) is 38.8 Å². The zero-order valence-electron chi connectivity index (χ0n) is 11.7. The molecular formula is C13H23N3O3. The van der Waals surface area contributed by atoms with Crippen molar-refractivity contribution in [2.24, 2.45) is 5.92 Å². The molecule has 1 N–H and O–H groups in total. The Morgan fingerprint density at radius 3 is 2.84 bits per heavy atom. The largest absolute Gasteiger partial charge is 0.393 e. The Balaban J connectivity index is 1.77. The van der Waals surface area contributed by atoms with E-state index in [1.165, 1.54) is 0 Å². The van der Waals surface area contributed by atoms with Crippen molar-refractivity contribution in [3.63, 3.8) is 0 Å². The van der Waals surface area contributed by atoms with Crippen LogP contribution in [0.5, 0.6) is 0 Å². The highest BCUT2D eigenvalue weighted by atomic mass is 16.5. The summed E-state index contributed by atoms with van der Waals surface area (Å²) in [5.74, 6) is 1.80. The van der Waals surface area contributed by atoms with Crippen molar-refractivity contribution >= 4 is 0 Å². The lowest BCUT2D eigenvalue weighted by molar-refractivity contribution is 0.0660. The van der Waals surface area contributed by atoms with E-state index in [0.717, 1.165) is 25.9 Å². The summed E-state index contributed by atoms with van der Waals surface area (Å²) in [6.45, 7) is 5.14. The van der Waals surface area contributed by atoms with Gasteiger partial charge in [0, 0.05) is 13.5 Å². The van der Waals surface area contributed by atoms with Crippen molar-refractivity contribution in [2.75, 3.05) is 26.8 Å². The highest BCUT2D eigenvalue weighted by Gasteiger charge is 2.23. The molecule has 1 atom stereocenters. The Morgan fingerprint density at radius 1 is 1.47 bits per heavy atom. The number of aliphatic hydroxyl groups excluding tert-OH is 1. The lowest BCUT2D eigenvalue weighted by Gasteiger charge is -2.32. The van der Waals surface area contributed by atoms with Crippen LogP contribution in [0.25, 0.3) is 0 Å². The molecule has 1 aliphatic heterocycles. The third-order valence-corrected chi connectivity index (χ3v) is 3.71. The van der Waals surface area contributed by atoms with Gasteiger partial charge in [-0.2, -0.15) is 4.98 Å². The lowest BCUT2D eigenvalue weighted by Crippen LogP contribution is -2.36. The topological polar surface area (TPSA) is 71.6 Å². The fraction of sp³-hybridized carbons (Fsp3) is 0.846. The van der Waals surface area contributed by atoms with Crippen molar-refractivity contribution < 1.29 is 14.4 Å². The van der Waals surface area contributed by atoms with E-state index in [1.54, 1.807) is 7.11 Å². The molecule has 1 aromatic rings. The minimum atomic E-state index is -0.203. The van der Waals surface area contributed by atoms with E-state index in [9.17, 15) is 5.11 Å². The summed E-state index contributed by atoms with van der Waals surface area (Å²) in [5.41, 5.74) is 0. The second kappa shape index (κ2) is 6.98. The number of methoxy groups -OCH3 is 1. The summed E-state index contributed by atoms with van der Waals surface area (Å²) in [4.78, 5) is 6.65. The van der Waals surface area contributed by atoms with Gasteiger partial charge in [-0.3, -0.25) is 4.90 Å². The Labute approximate surface area is 113 Å². The standard InChI is InChI=1S/C13H23N3O3/c1-10(17)11-3-6-16(7-4-11)9-13-14-12(15-19-13)5-8-18-2/h10-11,17H,3-9H2,1-2H3. The zero-order chi connectivity index (χ0) is 13.7. The number of aromatic nitrogens is 2. The van der Waals surface area contributed by atoms with E-state index >= 15 is 0 Å². The molecule has 0 aliphatic carbocycles. The molecule has 0 spiro atoms. The van der Waals surface area contributed by atoms with Gasteiger partial charge in [0.05, 0.1) is 19.3 Å². The summed E-state index contributed by atoms with van der Waals surface area (Å²) in [6, 6.07) is 0. The van der Waals surface area contributed by atoms with Crippen molar-refractivity contribution in [1.29, 1.82) is 0 Å². The first-order chi connectivity index (χ1) is 9.19. The number of rotatable bonds is 6. The molecule has 1 saturated heterocycles. The van der Waals surface area contributed by atoms with Crippen molar-refractivity contribution in [3.8, 4) is 0 Å². The Hall–Kier alpha value is -0.980. The average molecular weight is 269 g/mol. The molecule has 2 heterocycles. The molecule has 0 bridgehead atoms. The summed E-state index contributed by atoms with van der Waals surface area (Å²) in [6.07, 6.45) is 2.54. The van der Waals surface area contributed by atoms with Crippen LogP contribution in [0.4, 0.5) is 0 Å². The summed E-state index contributed by atoms with van der Waals surface area (Å²) in [7, 11) is 1.66.